The van der Waals surface area contributed by atoms with E-state index in [0.717, 1.165) is 25.7 Å². The fourth-order valence-electron chi connectivity index (χ4n) is 4.05. The van der Waals surface area contributed by atoms with Crippen LogP contribution in [0.2, 0.25) is 0 Å². The van der Waals surface area contributed by atoms with Crippen LogP contribution in [0.25, 0.3) is 0 Å². The first-order valence-corrected chi connectivity index (χ1v) is 12.9. The number of hydrogen-bond acceptors (Lipinski definition) is 4. The summed E-state index contributed by atoms with van der Waals surface area (Å²) in [5.41, 5.74) is 1.45. The first kappa shape index (κ1) is 24.2. The van der Waals surface area contributed by atoms with Crippen LogP contribution in [0, 0.1) is 18.7 Å². The zero-order chi connectivity index (χ0) is 24.3. The largest absolute Gasteiger partial charge is 0.338 e. The van der Waals surface area contributed by atoms with Gasteiger partial charge in [-0.05, 0) is 74.4 Å². The Kier molecular flexibility index (Phi) is 7.18. The van der Waals surface area contributed by atoms with E-state index in [-0.39, 0.29) is 22.8 Å². The molecule has 2 aliphatic rings. The summed E-state index contributed by atoms with van der Waals surface area (Å²) in [5.74, 6) is -0.593. The average Bonchev–Trinajstić information content (AvgIpc) is 3.61. The maximum atomic E-state index is 13.3. The smallest absolute Gasteiger partial charge is 0.319 e. The van der Waals surface area contributed by atoms with Crippen molar-refractivity contribution in [2.75, 3.05) is 25.0 Å². The number of likely N-dealkylation sites (tertiary alicyclic amines) is 1. The van der Waals surface area contributed by atoms with Gasteiger partial charge in [-0.2, -0.15) is 0 Å². The summed E-state index contributed by atoms with van der Waals surface area (Å²) in [5, 5.41) is 5.38. The van der Waals surface area contributed by atoms with E-state index >= 15 is 0 Å². The maximum Gasteiger partial charge on any atom is 0.319 e. The summed E-state index contributed by atoms with van der Waals surface area (Å²) in [6.45, 7) is 3.18. The molecule has 1 aliphatic carbocycles. The molecule has 0 aromatic heterocycles. The molecule has 2 fully saturated rings. The molecule has 4 rings (SSSR count). The molecule has 8 nitrogen and oxygen atoms in total. The molecule has 0 spiro atoms. The van der Waals surface area contributed by atoms with Crippen molar-refractivity contribution in [2.24, 2.45) is 5.92 Å². The minimum absolute atomic E-state index is 0.0149. The quantitative estimate of drug-likeness (QED) is 0.556. The molecule has 3 N–H and O–H groups in total. The van der Waals surface area contributed by atoms with E-state index in [1.54, 1.807) is 24.0 Å². The number of nitrogens with one attached hydrogen (secondary N) is 3. The predicted octanol–water partition coefficient (Wildman–Crippen LogP) is 3.25. The van der Waals surface area contributed by atoms with Gasteiger partial charge in [-0.1, -0.05) is 12.1 Å². The first-order valence-electron chi connectivity index (χ1n) is 11.4. The van der Waals surface area contributed by atoms with Crippen LogP contribution in [-0.4, -0.2) is 50.9 Å². The molecule has 1 unspecified atom stereocenters. The van der Waals surface area contributed by atoms with E-state index < -0.39 is 21.9 Å². The number of benzene rings is 2. The second-order valence-corrected chi connectivity index (χ2v) is 10.7. The number of rotatable bonds is 7. The molecule has 2 aromatic carbocycles. The Labute approximate surface area is 199 Å². The molecule has 10 heteroatoms. The molecular formula is C24H29FN4O4S. The van der Waals surface area contributed by atoms with Crippen molar-refractivity contribution in [1.82, 2.24) is 14.9 Å². The van der Waals surface area contributed by atoms with Crippen LogP contribution < -0.4 is 15.4 Å². The van der Waals surface area contributed by atoms with Crippen LogP contribution >= 0.6 is 0 Å². The molecule has 1 heterocycles. The number of sulfonamides is 1. The van der Waals surface area contributed by atoms with E-state index in [1.807, 2.05) is 0 Å². The third-order valence-corrected chi connectivity index (χ3v) is 7.61. The number of aryl methyl sites for hydroxylation is 1. The normalized spacial score (nSPS) is 18.4. The van der Waals surface area contributed by atoms with Gasteiger partial charge in [-0.3, -0.25) is 4.79 Å². The Morgan fingerprint density at radius 1 is 1.12 bits per heavy atom. The molecule has 1 saturated carbocycles. The van der Waals surface area contributed by atoms with E-state index in [2.05, 4.69) is 15.4 Å². The van der Waals surface area contributed by atoms with Crippen molar-refractivity contribution < 1.29 is 22.4 Å². The second-order valence-electron chi connectivity index (χ2n) is 8.98. The number of urea groups is 1. The summed E-state index contributed by atoms with van der Waals surface area (Å²) in [6, 6.07) is 9.83. The summed E-state index contributed by atoms with van der Waals surface area (Å²) in [6.07, 6.45) is 3.30. The van der Waals surface area contributed by atoms with Gasteiger partial charge in [0.15, 0.2) is 0 Å². The molecular weight excluding hydrogens is 459 g/mol. The lowest BCUT2D eigenvalue weighted by atomic mass is 9.96. The topological polar surface area (TPSA) is 108 Å². The number of halogens is 1. The van der Waals surface area contributed by atoms with Crippen molar-refractivity contribution in [2.45, 2.75) is 43.5 Å². The lowest BCUT2D eigenvalue weighted by Gasteiger charge is -2.33. The van der Waals surface area contributed by atoms with Crippen LogP contribution in [0.3, 0.4) is 0 Å². The highest BCUT2D eigenvalue weighted by Gasteiger charge is 2.30. The van der Waals surface area contributed by atoms with E-state index in [9.17, 15) is 22.4 Å². The van der Waals surface area contributed by atoms with Gasteiger partial charge in [-0.15, -0.1) is 0 Å². The maximum absolute atomic E-state index is 13.3. The van der Waals surface area contributed by atoms with Gasteiger partial charge in [0.1, 0.15) is 5.82 Å². The van der Waals surface area contributed by atoms with Crippen molar-refractivity contribution >= 4 is 27.6 Å². The highest BCUT2D eigenvalue weighted by Crippen LogP contribution is 2.25. The Morgan fingerprint density at radius 3 is 2.65 bits per heavy atom. The summed E-state index contributed by atoms with van der Waals surface area (Å²) in [7, 11) is -3.66. The van der Waals surface area contributed by atoms with Gasteiger partial charge in [-0.25, -0.2) is 22.3 Å². The van der Waals surface area contributed by atoms with Crippen molar-refractivity contribution in [3.05, 3.63) is 59.4 Å². The lowest BCUT2D eigenvalue weighted by Crippen LogP contribution is -2.44. The van der Waals surface area contributed by atoms with E-state index in [1.165, 1.54) is 30.3 Å². The van der Waals surface area contributed by atoms with Gasteiger partial charge in [0.2, 0.25) is 10.0 Å². The number of carbonyl (C=O) groups is 2. The Morgan fingerprint density at radius 2 is 1.91 bits per heavy atom. The molecule has 1 atom stereocenters. The predicted molar refractivity (Wildman–Crippen MR) is 127 cm³/mol. The van der Waals surface area contributed by atoms with Gasteiger partial charge < -0.3 is 15.5 Å². The van der Waals surface area contributed by atoms with Crippen LogP contribution in [0.15, 0.2) is 47.4 Å². The number of nitrogens with zero attached hydrogens (tertiary/aromatic N) is 1. The van der Waals surface area contributed by atoms with Gasteiger partial charge in [0.05, 0.1) is 4.90 Å². The molecule has 1 aliphatic heterocycles. The average molecular weight is 489 g/mol. The molecule has 0 radical (unpaired) electrons. The van der Waals surface area contributed by atoms with Crippen LogP contribution in [0.1, 0.15) is 41.6 Å². The van der Waals surface area contributed by atoms with Gasteiger partial charge in [0, 0.05) is 36.9 Å². The number of hydrogen-bond donors (Lipinski definition) is 3. The highest BCUT2D eigenvalue weighted by atomic mass is 32.2. The summed E-state index contributed by atoms with van der Waals surface area (Å²) in [4.78, 5) is 27.2. The third kappa shape index (κ3) is 6.12. The number of piperidine rings is 1. The lowest BCUT2D eigenvalue weighted by molar-refractivity contribution is 0.0674. The molecule has 2 aromatic rings. The fourth-order valence-corrected chi connectivity index (χ4v) is 5.38. The molecule has 34 heavy (non-hydrogen) atoms. The Hall–Kier alpha value is -2.98. The van der Waals surface area contributed by atoms with Crippen molar-refractivity contribution in [3.63, 3.8) is 0 Å². The van der Waals surface area contributed by atoms with E-state index in [4.69, 9.17) is 0 Å². The number of amides is 3. The van der Waals surface area contributed by atoms with Gasteiger partial charge in [0.25, 0.3) is 5.91 Å². The number of carbonyl (C=O) groups excluding carboxylic acids is 2. The van der Waals surface area contributed by atoms with Crippen molar-refractivity contribution in [3.8, 4) is 0 Å². The minimum atomic E-state index is -3.66. The van der Waals surface area contributed by atoms with Crippen molar-refractivity contribution in [1.29, 1.82) is 0 Å². The minimum Gasteiger partial charge on any atom is -0.338 e. The highest BCUT2D eigenvalue weighted by molar-refractivity contribution is 7.89. The molecule has 1 saturated heterocycles. The Balaban J connectivity index is 1.36. The second kappa shape index (κ2) is 10.1. The standard InChI is InChI=1S/C24H29FN4O4S/c1-16-7-10-21(34(32,33)28-19-8-9-19)13-22(16)23(30)29-11-3-4-17(15-29)14-26-24(31)27-20-6-2-5-18(25)12-20/h2,5-7,10,12-13,17,19,28H,3-4,8-9,11,14-15H2,1H3,(H2,26,27,31). The summed E-state index contributed by atoms with van der Waals surface area (Å²) < 4.78 is 41.1. The van der Waals surface area contributed by atoms with Crippen LogP contribution in [0.5, 0.6) is 0 Å². The monoisotopic (exact) mass is 488 g/mol. The molecule has 0 bridgehead atoms. The third-order valence-electron chi connectivity index (χ3n) is 6.09. The number of anilines is 1. The molecule has 182 valence electrons. The van der Waals surface area contributed by atoms with Crippen LogP contribution in [0.4, 0.5) is 14.9 Å². The van der Waals surface area contributed by atoms with Gasteiger partial charge >= 0.3 is 6.03 Å². The Bertz CT molecular complexity index is 1180. The summed E-state index contributed by atoms with van der Waals surface area (Å²) >= 11 is 0. The zero-order valence-electron chi connectivity index (χ0n) is 19.0. The molecule has 3 amide bonds. The SMILES string of the molecule is Cc1ccc(S(=O)(=O)NC2CC2)cc1C(=O)N1CCCC(CNC(=O)Nc2cccc(F)c2)C1. The first-order chi connectivity index (χ1) is 16.2. The van der Waals surface area contributed by atoms with E-state index in [0.29, 0.717) is 36.4 Å². The zero-order valence-corrected chi connectivity index (χ0v) is 19.8. The van der Waals surface area contributed by atoms with Crippen LogP contribution in [-0.2, 0) is 10.0 Å². The fraction of sp³-hybridized carbons (Fsp3) is 0.417.